The van der Waals surface area contributed by atoms with Crippen LogP contribution in [-0.2, 0) is 4.79 Å². The average molecular weight is 278 g/mol. The fourth-order valence-corrected chi connectivity index (χ4v) is 2.57. The molecule has 1 aliphatic carbocycles. The van der Waals surface area contributed by atoms with Crippen molar-refractivity contribution in [2.24, 2.45) is 5.73 Å². The number of methoxy groups -OCH3 is 1. The number of carbonyl (C=O) groups excluding carboxylic acids is 1. The number of hydrogen-bond acceptors (Lipinski definition) is 4. The molecule has 110 valence electrons. The minimum absolute atomic E-state index is 0.158. The van der Waals surface area contributed by atoms with Crippen LogP contribution in [0.2, 0.25) is 0 Å². The van der Waals surface area contributed by atoms with Gasteiger partial charge in [-0.3, -0.25) is 4.79 Å². The molecule has 0 saturated heterocycles. The summed E-state index contributed by atoms with van der Waals surface area (Å²) in [5.41, 5.74) is 6.01. The van der Waals surface area contributed by atoms with Gasteiger partial charge in [-0.05, 0) is 30.5 Å². The molecular weight excluding hydrogens is 256 g/mol. The molecule has 0 heterocycles. The van der Waals surface area contributed by atoms with E-state index in [1.165, 1.54) is 0 Å². The van der Waals surface area contributed by atoms with Gasteiger partial charge in [-0.15, -0.1) is 0 Å². The molecular formula is C15H22N2O3. The summed E-state index contributed by atoms with van der Waals surface area (Å²) < 4.78 is 5.11. The van der Waals surface area contributed by atoms with E-state index >= 15 is 0 Å². The maximum absolute atomic E-state index is 12.1. The first-order valence-corrected chi connectivity index (χ1v) is 6.94. The molecule has 1 fully saturated rings. The molecule has 1 aliphatic rings. The zero-order valence-corrected chi connectivity index (χ0v) is 11.8. The van der Waals surface area contributed by atoms with Crippen LogP contribution in [0.15, 0.2) is 24.3 Å². The van der Waals surface area contributed by atoms with Gasteiger partial charge in [0.2, 0.25) is 5.91 Å². The van der Waals surface area contributed by atoms with Gasteiger partial charge in [0, 0.05) is 6.54 Å². The highest BCUT2D eigenvalue weighted by atomic mass is 16.5. The molecule has 1 saturated carbocycles. The Morgan fingerprint density at radius 1 is 1.50 bits per heavy atom. The highest BCUT2D eigenvalue weighted by Gasteiger charge is 2.36. The summed E-state index contributed by atoms with van der Waals surface area (Å²) in [5, 5.41) is 12.9. The highest BCUT2D eigenvalue weighted by Crippen LogP contribution is 2.27. The Hall–Kier alpha value is -1.59. The number of carbonyl (C=O) groups is 1. The number of aliphatic hydroxyl groups is 1. The summed E-state index contributed by atoms with van der Waals surface area (Å²) >= 11 is 0. The molecule has 0 aliphatic heterocycles. The SMILES string of the molecule is COc1cccc(C(O)CNC(=O)C2(N)CCCC2)c1. The molecule has 4 N–H and O–H groups in total. The van der Waals surface area contributed by atoms with Gasteiger partial charge in [-0.1, -0.05) is 25.0 Å². The van der Waals surface area contributed by atoms with E-state index in [0.717, 1.165) is 12.8 Å². The van der Waals surface area contributed by atoms with Crippen LogP contribution >= 0.6 is 0 Å². The minimum atomic E-state index is -0.765. The minimum Gasteiger partial charge on any atom is -0.497 e. The second-order valence-corrected chi connectivity index (χ2v) is 5.37. The molecule has 5 heteroatoms. The van der Waals surface area contributed by atoms with Crippen molar-refractivity contribution in [2.45, 2.75) is 37.3 Å². The third-order valence-corrected chi connectivity index (χ3v) is 3.88. The van der Waals surface area contributed by atoms with Gasteiger partial charge in [-0.2, -0.15) is 0 Å². The first kappa shape index (κ1) is 14.8. The summed E-state index contributed by atoms with van der Waals surface area (Å²) in [6.07, 6.45) is 2.64. The molecule has 20 heavy (non-hydrogen) atoms. The Kier molecular flexibility index (Phi) is 4.62. The van der Waals surface area contributed by atoms with Crippen LogP contribution < -0.4 is 15.8 Å². The Balaban J connectivity index is 1.91. The van der Waals surface area contributed by atoms with Crippen molar-refractivity contribution >= 4 is 5.91 Å². The van der Waals surface area contributed by atoms with E-state index in [4.69, 9.17) is 10.5 Å². The monoisotopic (exact) mass is 278 g/mol. The summed E-state index contributed by atoms with van der Waals surface area (Å²) in [6.45, 7) is 0.158. The number of rotatable bonds is 5. The normalized spacial score (nSPS) is 18.6. The third-order valence-electron chi connectivity index (χ3n) is 3.88. The molecule has 0 spiro atoms. The maximum Gasteiger partial charge on any atom is 0.240 e. The molecule has 0 bridgehead atoms. The number of nitrogens with one attached hydrogen (secondary N) is 1. The van der Waals surface area contributed by atoms with E-state index in [1.54, 1.807) is 25.3 Å². The lowest BCUT2D eigenvalue weighted by atomic mass is 9.98. The van der Waals surface area contributed by atoms with Gasteiger partial charge < -0.3 is 20.9 Å². The van der Waals surface area contributed by atoms with Crippen molar-refractivity contribution < 1.29 is 14.6 Å². The van der Waals surface area contributed by atoms with Crippen molar-refractivity contribution in [1.82, 2.24) is 5.32 Å². The molecule has 1 atom stereocenters. The van der Waals surface area contributed by atoms with Crippen molar-refractivity contribution in [3.8, 4) is 5.75 Å². The topological polar surface area (TPSA) is 84.6 Å². The molecule has 1 aromatic carbocycles. The first-order chi connectivity index (χ1) is 9.55. The summed E-state index contributed by atoms with van der Waals surface area (Å²) in [7, 11) is 1.57. The van der Waals surface area contributed by atoms with E-state index in [1.807, 2.05) is 6.07 Å². The zero-order valence-electron chi connectivity index (χ0n) is 11.8. The van der Waals surface area contributed by atoms with Crippen molar-refractivity contribution in [1.29, 1.82) is 0 Å². The van der Waals surface area contributed by atoms with Crippen molar-refractivity contribution in [2.75, 3.05) is 13.7 Å². The van der Waals surface area contributed by atoms with Gasteiger partial charge in [0.05, 0.1) is 18.8 Å². The molecule has 2 rings (SSSR count). The number of ether oxygens (including phenoxy) is 1. The lowest BCUT2D eigenvalue weighted by Crippen LogP contribution is -2.52. The zero-order chi connectivity index (χ0) is 14.6. The quantitative estimate of drug-likeness (QED) is 0.753. The number of nitrogens with two attached hydrogens (primary N) is 1. The molecule has 1 amide bonds. The maximum atomic E-state index is 12.1. The van der Waals surface area contributed by atoms with Gasteiger partial charge in [0.1, 0.15) is 5.75 Å². The third kappa shape index (κ3) is 3.29. The van der Waals surface area contributed by atoms with E-state index in [-0.39, 0.29) is 12.5 Å². The van der Waals surface area contributed by atoms with Crippen LogP contribution in [0.1, 0.15) is 37.4 Å². The Bertz CT molecular complexity index is 470. The van der Waals surface area contributed by atoms with Gasteiger partial charge in [0.25, 0.3) is 0 Å². The molecule has 1 aromatic rings. The predicted molar refractivity (Wildman–Crippen MR) is 76.3 cm³/mol. The fourth-order valence-electron chi connectivity index (χ4n) is 2.57. The van der Waals surface area contributed by atoms with Crippen LogP contribution in [0, 0.1) is 0 Å². The van der Waals surface area contributed by atoms with E-state index in [9.17, 15) is 9.90 Å². The number of hydrogen-bond donors (Lipinski definition) is 3. The number of aliphatic hydroxyl groups excluding tert-OH is 1. The second kappa shape index (κ2) is 6.24. The van der Waals surface area contributed by atoms with Crippen LogP contribution in [-0.4, -0.2) is 30.2 Å². The Morgan fingerprint density at radius 3 is 2.85 bits per heavy atom. The number of amides is 1. The second-order valence-electron chi connectivity index (χ2n) is 5.37. The van der Waals surface area contributed by atoms with E-state index < -0.39 is 11.6 Å². The van der Waals surface area contributed by atoms with Crippen LogP contribution in [0.4, 0.5) is 0 Å². The smallest absolute Gasteiger partial charge is 0.240 e. The number of benzene rings is 1. The Morgan fingerprint density at radius 2 is 2.20 bits per heavy atom. The lowest BCUT2D eigenvalue weighted by molar-refractivity contribution is -0.126. The van der Waals surface area contributed by atoms with Gasteiger partial charge >= 0.3 is 0 Å². The average Bonchev–Trinajstić information content (AvgIpc) is 2.92. The standard InChI is InChI=1S/C15H22N2O3/c1-20-12-6-4-5-11(9-12)13(18)10-17-14(19)15(16)7-2-3-8-15/h4-6,9,13,18H,2-3,7-8,10,16H2,1H3,(H,17,19). The fraction of sp³-hybridized carbons (Fsp3) is 0.533. The van der Waals surface area contributed by atoms with Crippen LogP contribution in [0.25, 0.3) is 0 Å². The molecule has 0 radical (unpaired) electrons. The van der Waals surface area contributed by atoms with Gasteiger partial charge in [-0.25, -0.2) is 0 Å². The van der Waals surface area contributed by atoms with E-state index in [2.05, 4.69) is 5.32 Å². The van der Waals surface area contributed by atoms with Gasteiger partial charge in [0.15, 0.2) is 0 Å². The van der Waals surface area contributed by atoms with E-state index in [0.29, 0.717) is 24.2 Å². The highest BCUT2D eigenvalue weighted by molar-refractivity contribution is 5.86. The summed E-state index contributed by atoms with van der Waals surface area (Å²) in [4.78, 5) is 12.1. The Labute approximate surface area is 119 Å². The molecule has 5 nitrogen and oxygen atoms in total. The van der Waals surface area contributed by atoms with Crippen LogP contribution in [0.5, 0.6) is 5.75 Å². The summed E-state index contributed by atoms with van der Waals surface area (Å²) in [5.74, 6) is 0.510. The summed E-state index contributed by atoms with van der Waals surface area (Å²) in [6, 6.07) is 7.17. The first-order valence-electron chi connectivity index (χ1n) is 6.94. The molecule has 1 unspecified atom stereocenters. The largest absolute Gasteiger partial charge is 0.497 e. The predicted octanol–water partition coefficient (Wildman–Crippen LogP) is 1.12. The molecule has 0 aromatic heterocycles. The van der Waals surface area contributed by atoms with Crippen LogP contribution in [0.3, 0.4) is 0 Å². The van der Waals surface area contributed by atoms with Crippen molar-refractivity contribution in [3.63, 3.8) is 0 Å². The van der Waals surface area contributed by atoms with Crippen molar-refractivity contribution in [3.05, 3.63) is 29.8 Å². The lowest BCUT2D eigenvalue weighted by Gasteiger charge is -2.23.